The minimum absolute atomic E-state index is 0.0731. The molecule has 0 aliphatic heterocycles. The normalized spacial score (nSPS) is 23.8. The van der Waals surface area contributed by atoms with Gasteiger partial charge in [0.05, 0.1) is 5.75 Å². The predicted octanol–water partition coefficient (Wildman–Crippen LogP) is 1.32. The number of carbonyl (C=O) groups is 1. The van der Waals surface area contributed by atoms with Crippen LogP contribution >= 0.6 is 0 Å². The summed E-state index contributed by atoms with van der Waals surface area (Å²) >= 11 is 0. The minimum atomic E-state index is -3.12. The fourth-order valence-electron chi connectivity index (χ4n) is 1.65. The Bertz CT molecular complexity index is 279. The molecule has 1 aliphatic rings. The maximum atomic E-state index is 11.6. The first kappa shape index (κ1) is 10.7. The monoisotopic (exact) mass is 204 g/mol. The first-order chi connectivity index (χ1) is 6.08. The van der Waals surface area contributed by atoms with Crippen molar-refractivity contribution in [2.24, 2.45) is 0 Å². The summed E-state index contributed by atoms with van der Waals surface area (Å²) in [4.78, 5) is 11.2. The molecule has 0 spiro atoms. The van der Waals surface area contributed by atoms with Crippen molar-refractivity contribution in [1.82, 2.24) is 0 Å². The molecule has 3 nitrogen and oxygen atoms in total. The zero-order valence-electron chi connectivity index (χ0n) is 7.95. The number of hydrogen-bond acceptors (Lipinski definition) is 3. The lowest BCUT2D eigenvalue weighted by molar-refractivity contribution is -0.117. The molecule has 0 bridgehead atoms. The van der Waals surface area contributed by atoms with E-state index in [9.17, 15) is 13.2 Å². The van der Waals surface area contributed by atoms with Crippen LogP contribution in [0.2, 0.25) is 0 Å². The Kier molecular flexibility index (Phi) is 3.47. The molecule has 1 saturated carbocycles. The molecule has 0 radical (unpaired) electrons. The number of Topliss-reactive ketones (excluding diaryl/α,β-unsaturated/α-hetero) is 1. The molecule has 76 valence electrons. The SMILES string of the molecule is CCCCS(=O)(=O)C1CCCC1=O. The summed E-state index contributed by atoms with van der Waals surface area (Å²) in [5, 5.41) is -0.668. The molecule has 0 aromatic carbocycles. The molecular weight excluding hydrogens is 188 g/mol. The molecule has 1 unspecified atom stereocenters. The van der Waals surface area contributed by atoms with Gasteiger partial charge < -0.3 is 0 Å². The van der Waals surface area contributed by atoms with Crippen molar-refractivity contribution in [3.63, 3.8) is 0 Å². The third-order valence-electron chi connectivity index (χ3n) is 2.46. The first-order valence-electron chi connectivity index (χ1n) is 4.82. The number of unbranched alkanes of at least 4 members (excludes halogenated alkanes) is 1. The highest BCUT2D eigenvalue weighted by Gasteiger charge is 2.35. The maximum absolute atomic E-state index is 11.6. The predicted molar refractivity (Wildman–Crippen MR) is 51.3 cm³/mol. The second-order valence-electron chi connectivity index (χ2n) is 3.57. The van der Waals surface area contributed by atoms with Crippen LogP contribution in [0.4, 0.5) is 0 Å². The number of ketones is 1. The number of rotatable bonds is 4. The quantitative estimate of drug-likeness (QED) is 0.694. The molecule has 0 N–H and O–H groups in total. The summed E-state index contributed by atoms with van der Waals surface area (Å²) in [6, 6.07) is 0. The summed E-state index contributed by atoms with van der Waals surface area (Å²) in [6.45, 7) is 1.95. The van der Waals surface area contributed by atoms with Crippen LogP contribution in [0.1, 0.15) is 39.0 Å². The zero-order chi connectivity index (χ0) is 9.90. The average molecular weight is 204 g/mol. The molecule has 1 aliphatic carbocycles. The molecule has 13 heavy (non-hydrogen) atoms. The third kappa shape index (κ3) is 2.53. The second-order valence-corrected chi connectivity index (χ2v) is 5.87. The van der Waals surface area contributed by atoms with Crippen molar-refractivity contribution in [1.29, 1.82) is 0 Å². The number of carbonyl (C=O) groups excluding carboxylic acids is 1. The summed E-state index contributed by atoms with van der Waals surface area (Å²) in [6.07, 6.45) is 3.28. The molecule has 0 aromatic rings. The summed E-state index contributed by atoms with van der Waals surface area (Å²) in [5.74, 6) is 0.107. The van der Waals surface area contributed by atoms with E-state index in [-0.39, 0.29) is 11.5 Å². The highest BCUT2D eigenvalue weighted by atomic mass is 32.2. The lowest BCUT2D eigenvalue weighted by atomic mass is 10.3. The Morgan fingerprint density at radius 2 is 2.15 bits per heavy atom. The summed E-state index contributed by atoms with van der Waals surface area (Å²) < 4.78 is 23.2. The number of sulfone groups is 1. The summed E-state index contributed by atoms with van der Waals surface area (Å²) in [5.41, 5.74) is 0. The van der Waals surface area contributed by atoms with Crippen LogP contribution in [0.25, 0.3) is 0 Å². The van der Waals surface area contributed by atoms with Gasteiger partial charge in [-0.25, -0.2) is 8.42 Å². The van der Waals surface area contributed by atoms with E-state index in [2.05, 4.69) is 0 Å². The van der Waals surface area contributed by atoms with E-state index < -0.39 is 15.1 Å². The van der Waals surface area contributed by atoms with Crippen LogP contribution in [0.3, 0.4) is 0 Å². The van der Waals surface area contributed by atoms with Gasteiger partial charge in [0.25, 0.3) is 0 Å². The molecule has 1 atom stereocenters. The Labute approximate surface area is 79.4 Å². The molecule has 0 heterocycles. The van der Waals surface area contributed by atoms with E-state index >= 15 is 0 Å². The average Bonchev–Trinajstić information content (AvgIpc) is 2.48. The molecule has 4 heteroatoms. The van der Waals surface area contributed by atoms with E-state index in [0.29, 0.717) is 19.3 Å². The van der Waals surface area contributed by atoms with Gasteiger partial charge in [0.15, 0.2) is 15.6 Å². The standard InChI is InChI=1S/C9H16O3S/c1-2-3-7-13(11,12)9-6-4-5-8(9)10/h9H,2-7H2,1H3. The van der Waals surface area contributed by atoms with Crippen LogP contribution in [0.5, 0.6) is 0 Å². The van der Waals surface area contributed by atoms with Gasteiger partial charge in [0.1, 0.15) is 5.25 Å². The van der Waals surface area contributed by atoms with Gasteiger partial charge in [0.2, 0.25) is 0 Å². The largest absolute Gasteiger partial charge is 0.298 e. The van der Waals surface area contributed by atoms with E-state index in [1.807, 2.05) is 6.92 Å². The van der Waals surface area contributed by atoms with E-state index in [4.69, 9.17) is 0 Å². The van der Waals surface area contributed by atoms with Crippen molar-refractivity contribution < 1.29 is 13.2 Å². The van der Waals surface area contributed by atoms with Crippen molar-refractivity contribution in [3.05, 3.63) is 0 Å². The van der Waals surface area contributed by atoms with Gasteiger partial charge in [-0.05, 0) is 19.3 Å². The van der Waals surface area contributed by atoms with Gasteiger partial charge in [-0.3, -0.25) is 4.79 Å². The molecule has 0 amide bonds. The van der Waals surface area contributed by atoms with Crippen molar-refractivity contribution in [2.75, 3.05) is 5.75 Å². The van der Waals surface area contributed by atoms with Gasteiger partial charge in [-0.1, -0.05) is 13.3 Å². The number of hydrogen-bond donors (Lipinski definition) is 0. The molecule has 0 aromatic heterocycles. The minimum Gasteiger partial charge on any atom is -0.298 e. The van der Waals surface area contributed by atoms with Crippen LogP contribution in [-0.2, 0) is 14.6 Å². The van der Waals surface area contributed by atoms with Crippen LogP contribution < -0.4 is 0 Å². The van der Waals surface area contributed by atoms with Crippen LogP contribution in [0, 0.1) is 0 Å². The van der Waals surface area contributed by atoms with E-state index in [1.54, 1.807) is 0 Å². The van der Waals surface area contributed by atoms with Crippen molar-refractivity contribution in [3.8, 4) is 0 Å². The maximum Gasteiger partial charge on any atom is 0.160 e. The topological polar surface area (TPSA) is 51.2 Å². The Balaban J connectivity index is 2.63. The third-order valence-corrected chi connectivity index (χ3v) is 4.69. The molecule has 0 saturated heterocycles. The Hall–Kier alpha value is -0.380. The fraction of sp³-hybridized carbons (Fsp3) is 0.889. The van der Waals surface area contributed by atoms with Crippen LogP contribution in [-0.4, -0.2) is 25.2 Å². The van der Waals surface area contributed by atoms with E-state index in [1.165, 1.54) is 0 Å². The lowest BCUT2D eigenvalue weighted by Gasteiger charge is -2.08. The van der Waals surface area contributed by atoms with Crippen molar-refractivity contribution >= 4 is 15.6 Å². The van der Waals surface area contributed by atoms with Gasteiger partial charge >= 0.3 is 0 Å². The second kappa shape index (κ2) is 4.22. The highest BCUT2D eigenvalue weighted by molar-refractivity contribution is 7.92. The Morgan fingerprint density at radius 3 is 2.62 bits per heavy atom. The van der Waals surface area contributed by atoms with Gasteiger partial charge in [-0.2, -0.15) is 0 Å². The first-order valence-corrected chi connectivity index (χ1v) is 6.53. The van der Waals surface area contributed by atoms with Gasteiger partial charge in [0, 0.05) is 6.42 Å². The lowest BCUT2D eigenvalue weighted by Crippen LogP contribution is -2.27. The van der Waals surface area contributed by atoms with Crippen LogP contribution in [0.15, 0.2) is 0 Å². The highest BCUT2D eigenvalue weighted by Crippen LogP contribution is 2.22. The van der Waals surface area contributed by atoms with Gasteiger partial charge in [-0.15, -0.1) is 0 Å². The summed E-state index contributed by atoms with van der Waals surface area (Å²) in [7, 11) is -3.12. The molecule has 1 rings (SSSR count). The van der Waals surface area contributed by atoms with Crippen molar-refractivity contribution in [2.45, 2.75) is 44.3 Å². The fourth-order valence-corrected chi connectivity index (χ4v) is 3.67. The Morgan fingerprint density at radius 1 is 1.46 bits per heavy atom. The van der Waals surface area contributed by atoms with E-state index in [0.717, 1.165) is 12.8 Å². The molecule has 1 fully saturated rings. The smallest absolute Gasteiger partial charge is 0.160 e. The molecular formula is C9H16O3S. The zero-order valence-corrected chi connectivity index (χ0v) is 8.77.